The number of pyridine rings is 1. The first kappa shape index (κ1) is 17.0. The summed E-state index contributed by atoms with van der Waals surface area (Å²) < 4.78 is 7.51. The highest BCUT2D eigenvalue weighted by Crippen LogP contribution is 2.43. The molecular weight excluding hydrogens is 342 g/mol. The molecule has 4 heterocycles. The number of fused-ring (bicyclic) bond motifs is 1. The van der Waals surface area contributed by atoms with Gasteiger partial charge in [-0.1, -0.05) is 0 Å². The van der Waals surface area contributed by atoms with Crippen LogP contribution < -0.4 is 10.8 Å². The van der Waals surface area contributed by atoms with Gasteiger partial charge in [-0.2, -0.15) is 5.10 Å². The van der Waals surface area contributed by atoms with Gasteiger partial charge in [-0.25, -0.2) is 9.67 Å². The molecule has 5 rings (SSSR count). The third-order valence-electron chi connectivity index (χ3n) is 6.07. The van der Waals surface area contributed by atoms with Crippen LogP contribution in [0.4, 0.5) is 5.69 Å². The van der Waals surface area contributed by atoms with Crippen molar-refractivity contribution in [2.45, 2.75) is 64.1 Å². The Kier molecular flexibility index (Phi) is 4.09. The van der Waals surface area contributed by atoms with Crippen LogP contribution in [0.15, 0.2) is 12.3 Å². The molecule has 1 saturated heterocycles. The lowest BCUT2D eigenvalue weighted by atomic mass is 9.80. The van der Waals surface area contributed by atoms with Crippen molar-refractivity contribution in [2.24, 2.45) is 0 Å². The molecule has 0 radical (unpaired) electrons. The molecular formula is C20H27N5O2. The summed E-state index contributed by atoms with van der Waals surface area (Å²) in [6.45, 7) is 6.58. The molecule has 2 aromatic heterocycles. The second kappa shape index (κ2) is 6.49. The van der Waals surface area contributed by atoms with Gasteiger partial charge in [0.25, 0.3) is 0 Å². The van der Waals surface area contributed by atoms with E-state index in [1.54, 1.807) is 0 Å². The van der Waals surface area contributed by atoms with Crippen LogP contribution in [-0.2, 0) is 16.1 Å². The molecule has 0 aromatic carbocycles. The minimum Gasteiger partial charge on any atom is -0.381 e. The first-order chi connectivity index (χ1) is 13.2. The zero-order chi connectivity index (χ0) is 18.4. The molecule has 2 N–H and O–H groups in total. The monoisotopic (exact) mass is 369 g/mol. The summed E-state index contributed by atoms with van der Waals surface area (Å²) in [6.07, 6.45) is 9.60. The fourth-order valence-corrected chi connectivity index (χ4v) is 4.32. The number of aromatic nitrogens is 3. The SMILES string of the molecule is CCn1nc(C)c2c(NC3CCOCC3)c(C3=CC4(CCC4)ON3)cnc21. The number of anilines is 1. The van der Waals surface area contributed by atoms with Crippen LogP contribution in [0.2, 0.25) is 0 Å². The molecule has 2 fully saturated rings. The van der Waals surface area contributed by atoms with Gasteiger partial charge >= 0.3 is 0 Å². The minimum atomic E-state index is -0.122. The van der Waals surface area contributed by atoms with Gasteiger partial charge in [0.15, 0.2) is 5.65 Å². The first-order valence-electron chi connectivity index (χ1n) is 10.1. The summed E-state index contributed by atoms with van der Waals surface area (Å²) in [7, 11) is 0. The van der Waals surface area contributed by atoms with Crippen molar-refractivity contribution >= 4 is 22.4 Å². The molecule has 144 valence electrons. The Morgan fingerprint density at radius 3 is 2.81 bits per heavy atom. The number of nitrogens with one attached hydrogen (secondary N) is 2. The molecule has 1 saturated carbocycles. The van der Waals surface area contributed by atoms with E-state index in [1.807, 2.05) is 10.9 Å². The van der Waals surface area contributed by atoms with Gasteiger partial charge in [0.1, 0.15) is 5.60 Å². The maximum Gasteiger partial charge on any atom is 0.160 e. The van der Waals surface area contributed by atoms with E-state index in [4.69, 9.17) is 19.7 Å². The summed E-state index contributed by atoms with van der Waals surface area (Å²) in [5.74, 6) is 0. The zero-order valence-electron chi connectivity index (χ0n) is 16.0. The lowest BCUT2D eigenvalue weighted by Gasteiger charge is -2.33. The predicted molar refractivity (Wildman–Crippen MR) is 104 cm³/mol. The second-order valence-electron chi connectivity index (χ2n) is 7.86. The number of nitrogens with zero attached hydrogens (tertiary/aromatic N) is 3. The van der Waals surface area contributed by atoms with Gasteiger partial charge in [-0.15, -0.1) is 0 Å². The lowest BCUT2D eigenvalue weighted by Crippen LogP contribution is -2.36. The average molecular weight is 369 g/mol. The molecule has 2 aliphatic heterocycles. The molecule has 0 unspecified atom stereocenters. The maximum atomic E-state index is 5.92. The predicted octanol–water partition coefficient (Wildman–Crippen LogP) is 3.15. The normalized spacial score (nSPS) is 21.9. The lowest BCUT2D eigenvalue weighted by molar-refractivity contribution is -0.0821. The standard InChI is InChI=1S/C20H27N5O2/c1-3-25-19-17(13(2)23-25)18(22-14-5-9-26-10-6-14)15(12-21-19)16-11-20(27-24-16)7-4-8-20/h11-12,14,24H,3-10H2,1-2H3,(H,21,22). The largest absolute Gasteiger partial charge is 0.381 e. The highest BCUT2D eigenvalue weighted by atomic mass is 16.7. The van der Waals surface area contributed by atoms with Crippen LogP contribution in [-0.4, -0.2) is 39.6 Å². The summed E-state index contributed by atoms with van der Waals surface area (Å²) >= 11 is 0. The quantitative estimate of drug-likeness (QED) is 0.863. The molecule has 1 aliphatic carbocycles. The number of hydroxylamine groups is 1. The van der Waals surface area contributed by atoms with E-state index in [0.717, 1.165) is 79.1 Å². The van der Waals surface area contributed by atoms with Crippen molar-refractivity contribution in [2.75, 3.05) is 18.5 Å². The van der Waals surface area contributed by atoms with E-state index in [9.17, 15) is 0 Å². The minimum absolute atomic E-state index is 0.122. The van der Waals surface area contributed by atoms with Crippen molar-refractivity contribution in [3.8, 4) is 0 Å². The molecule has 1 spiro atoms. The summed E-state index contributed by atoms with van der Waals surface area (Å²) in [4.78, 5) is 10.7. The Morgan fingerprint density at radius 2 is 2.15 bits per heavy atom. The number of ether oxygens (including phenoxy) is 1. The fourth-order valence-electron chi connectivity index (χ4n) is 4.32. The highest BCUT2D eigenvalue weighted by molar-refractivity contribution is 5.97. The van der Waals surface area contributed by atoms with Crippen molar-refractivity contribution in [1.82, 2.24) is 20.2 Å². The van der Waals surface area contributed by atoms with Gasteiger partial charge in [-0.3, -0.25) is 10.3 Å². The van der Waals surface area contributed by atoms with Crippen molar-refractivity contribution in [3.05, 3.63) is 23.5 Å². The molecule has 27 heavy (non-hydrogen) atoms. The molecule has 7 nitrogen and oxygen atoms in total. The van der Waals surface area contributed by atoms with Gasteiger partial charge < -0.3 is 10.1 Å². The van der Waals surface area contributed by atoms with Crippen LogP contribution in [0.1, 0.15) is 50.3 Å². The van der Waals surface area contributed by atoms with E-state index in [-0.39, 0.29) is 5.60 Å². The third-order valence-corrected chi connectivity index (χ3v) is 6.07. The van der Waals surface area contributed by atoms with Crippen LogP contribution in [0.3, 0.4) is 0 Å². The zero-order valence-corrected chi connectivity index (χ0v) is 16.0. The molecule has 7 heteroatoms. The molecule has 0 amide bonds. The molecule has 2 aromatic rings. The van der Waals surface area contributed by atoms with Crippen LogP contribution in [0.25, 0.3) is 16.7 Å². The topological polar surface area (TPSA) is 73.2 Å². The maximum absolute atomic E-state index is 5.92. The van der Waals surface area contributed by atoms with E-state index < -0.39 is 0 Å². The number of hydrogen-bond acceptors (Lipinski definition) is 6. The number of hydrogen-bond donors (Lipinski definition) is 2. The fraction of sp³-hybridized carbons (Fsp3) is 0.600. The van der Waals surface area contributed by atoms with E-state index in [0.29, 0.717) is 6.04 Å². The van der Waals surface area contributed by atoms with Crippen molar-refractivity contribution < 1.29 is 9.57 Å². The van der Waals surface area contributed by atoms with Gasteiger partial charge in [0, 0.05) is 37.6 Å². The van der Waals surface area contributed by atoms with Crippen molar-refractivity contribution in [1.29, 1.82) is 0 Å². The Morgan fingerprint density at radius 1 is 1.33 bits per heavy atom. The molecule has 3 aliphatic rings. The van der Waals surface area contributed by atoms with Gasteiger partial charge in [0.05, 0.1) is 22.5 Å². The van der Waals surface area contributed by atoms with Crippen LogP contribution in [0, 0.1) is 6.92 Å². The first-order valence-corrected chi connectivity index (χ1v) is 10.1. The van der Waals surface area contributed by atoms with E-state index >= 15 is 0 Å². The Hall–Kier alpha value is -2.12. The Labute approximate surface area is 159 Å². The number of aryl methyl sites for hydroxylation is 2. The molecule has 0 atom stereocenters. The Balaban J connectivity index is 1.62. The van der Waals surface area contributed by atoms with Gasteiger partial charge in [-0.05, 0) is 52.0 Å². The summed E-state index contributed by atoms with van der Waals surface area (Å²) in [6, 6.07) is 0.396. The average Bonchev–Trinajstić information content (AvgIpc) is 3.25. The van der Waals surface area contributed by atoms with Gasteiger partial charge in [0.2, 0.25) is 0 Å². The summed E-state index contributed by atoms with van der Waals surface area (Å²) in [5, 5.41) is 9.61. The summed E-state index contributed by atoms with van der Waals surface area (Å²) in [5.41, 5.74) is 8.20. The van der Waals surface area contributed by atoms with Crippen LogP contribution >= 0.6 is 0 Å². The molecule has 0 bridgehead atoms. The third kappa shape index (κ3) is 2.80. The van der Waals surface area contributed by atoms with E-state index in [2.05, 4.69) is 30.7 Å². The second-order valence-corrected chi connectivity index (χ2v) is 7.86. The smallest absolute Gasteiger partial charge is 0.160 e. The van der Waals surface area contributed by atoms with Crippen molar-refractivity contribution in [3.63, 3.8) is 0 Å². The Bertz CT molecular complexity index is 893. The van der Waals surface area contributed by atoms with Crippen LogP contribution in [0.5, 0.6) is 0 Å². The van der Waals surface area contributed by atoms with E-state index in [1.165, 1.54) is 6.42 Å². The highest BCUT2D eigenvalue weighted by Gasteiger charge is 2.41. The number of rotatable bonds is 4.